The number of nitrogens with zero attached hydrogens (tertiary/aromatic N) is 1. The van der Waals surface area contributed by atoms with Gasteiger partial charge in [0.25, 0.3) is 5.91 Å². The maximum Gasteiger partial charge on any atom is 0.257 e. The van der Waals surface area contributed by atoms with E-state index in [1.165, 1.54) is 0 Å². The standard InChI is InChI=1S/C20H16Cl3NO2/c21-15-5-1-4-14(12-15)8-10-20(26)9-3-11-24(13-20)19(25)18-16(22)6-2-7-17(18)23/h1-2,4-7,12,26H,3,9,11,13H2. The molecule has 1 fully saturated rings. The SMILES string of the molecule is O=C(c1c(Cl)cccc1Cl)N1CCCC(O)(C#Cc2cccc(Cl)c2)C1. The number of hydrogen-bond donors (Lipinski definition) is 1. The third kappa shape index (κ3) is 4.34. The summed E-state index contributed by atoms with van der Waals surface area (Å²) in [6, 6.07) is 12.0. The normalized spacial score (nSPS) is 19.6. The molecule has 3 nitrogen and oxygen atoms in total. The Kier molecular flexibility index (Phi) is 5.79. The van der Waals surface area contributed by atoms with Crippen molar-refractivity contribution in [2.75, 3.05) is 13.1 Å². The summed E-state index contributed by atoms with van der Waals surface area (Å²) in [5, 5.41) is 12.0. The average Bonchev–Trinajstić information content (AvgIpc) is 2.60. The van der Waals surface area contributed by atoms with Crippen LogP contribution in [0.25, 0.3) is 0 Å². The molecule has 2 aromatic rings. The van der Waals surface area contributed by atoms with Crippen molar-refractivity contribution in [2.45, 2.75) is 18.4 Å². The number of aliphatic hydroxyl groups is 1. The Morgan fingerprint density at radius 3 is 2.50 bits per heavy atom. The highest BCUT2D eigenvalue weighted by atomic mass is 35.5. The van der Waals surface area contributed by atoms with E-state index in [0.717, 1.165) is 0 Å². The van der Waals surface area contributed by atoms with Crippen LogP contribution in [0.15, 0.2) is 42.5 Å². The van der Waals surface area contributed by atoms with Crippen molar-refractivity contribution >= 4 is 40.7 Å². The number of piperidine rings is 1. The number of amides is 1. The Balaban J connectivity index is 1.82. The maximum atomic E-state index is 12.8. The number of benzene rings is 2. The van der Waals surface area contributed by atoms with Crippen LogP contribution in [0.2, 0.25) is 15.1 Å². The summed E-state index contributed by atoms with van der Waals surface area (Å²) in [4.78, 5) is 14.4. The molecular formula is C20H16Cl3NO2. The first kappa shape index (κ1) is 19.1. The Morgan fingerprint density at radius 1 is 1.12 bits per heavy atom. The summed E-state index contributed by atoms with van der Waals surface area (Å²) < 4.78 is 0. The van der Waals surface area contributed by atoms with Crippen molar-refractivity contribution in [3.05, 3.63) is 68.7 Å². The van der Waals surface area contributed by atoms with Gasteiger partial charge in [0.15, 0.2) is 0 Å². The van der Waals surface area contributed by atoms with E-state index < -0.39 is 5.60 Å². The van der Waals surface area contributed by atoms with E-state index in [9.17, 15) is 9.90 Å². The van der Waals surface area contributed by atoms with Crippen LogP contribution >= 0.6 is 34.8 Å². The molecule has 1 atom stereocenters. The van der Waals surface area contributed by atoms with Crippen LogP contribution in [-0.4, -0.2) is 34.6 Å². The van der Waals surface area contributed by atoms with Gasteiger partial charge in [-0.3, -0.25) is 4.79 Å². The molecule has 3 rings (SSSR count). The zero-order valence-electron chi connectivity index (χ0n) is 13.8. The highest BCUT2D eigenvalue weighted by molar-refractivity contribution is 6.39. The van der Waals surface area contributed by atoms with Crippen molar-refractivity contribution in [1.82, 2.24) is 4.90 Å². The summed E-state index contributed by atoms with van der Waals surface area (Å²) >= 11 is 18.2. The summed E-state index contributed by atoms with van der Waals surface area (Å²) in [6.45, 7) is 0.614. The minimum atomic E-state index is -1.29. The highest BCUT2D eigenvalue weighted by Crippen LogP contribution is 2.28. The lowest BCUT2D eigenvalue weighted by atomic mass is 9.92. The molecule has 1 amide bonds. The molecule has 1 aliphatic heterocycles. The van der Waals surface area contributed by atoms with E-state index in [0.29, 0.717) is 40.0 Å². The van der Waals surface area contributed by atoms with E-state index in [1.807, 2.05) is 6.07 Å². The molecule has 1 N–H and O–H groups in total. The first-order valence-electron chi connectivity index (χ1n) is 8.12. The number of carbonyl (C=O) groups excluding carboxylic acids is 1. The zero-order valence-corrected chi connectivity index (χ0v) is 16.1. The second-order valence-electron chi connectivity index (χ2n) is 6.22. The number of hydrogen-bond acceptors (Lipinski definition) is 2. The van der Waals surface area contributed by atoms with Gasteiger partial charge in [0, 0.05) is 17.1 Å². The molecule has 0 bridgehead atoms. The van der Waals surface area contributed by atoms with Crippen LogP contribution in [0.1, 0.15) is 28.8 Å². The van der Waals surface area contributed by atoms with Gasteiger partial charge in [0.1, 0.15) is 5.60 Å². The Hall–Kier alpha value is -1.70. The first-order chi connectivity index (χ1) is 12.4. The van der Waals surface area contributed by atoms with Gasteiger partial charge in [-0.1, -0.05) is 58.8 Å². The fourth-order valence-corrected chi connectivity index (χ4v) is 3.68. The predicted octanol–water partition coefficient (Wildman–Crippen LogP) is 4.67. The molecule has 0 spiro atoms. The topological polar surface area (TPSA) is 40.5 Å². The summed E-state index contributed by atoms with van der Waals surface area (Å²) in [5.41, 5.74) is -0.323. The third-order valence-electron chi connectivity index (χ3n) is 4.20. The molecular weight excluding hydrogens is 393 g/mol. The molecule has 26 heavy (non-hydrogen) atoms. The molecule has 0 aromatic heterocycles. The van der Waals surface area contributed by atoms with E-state index in [1.54, 1.807) is 41.3 Å². The largest absolute Gasteiger partial charge is 0.376 e. The lowest BCUT2D eigenvalue weighted by molar-refractivity contribution is 0.0153. The number of carbonyl (C=O) groups is 1. The van der Waals surface area contributed by atoms with Crippen LogP contribution in [0.3, 0.4) is 0 Å². The van der Waals surface area contributed by atoms with Gasteiger partial charge in [-0.15, -0.1) is 0 Å². The van der Waals surface area contributed by atoms with Gasteiger partial charge in [0.05, 0.1) is 22.2 Å². The molecule has 6 heteroatoms. The maximum absolute atomic E-state index is 12.8. The van der Waals surface area contributed by atoms with Crippen LogP contribution in [0.5, 0.6) is 0 Å². The molecule has 1 unspecified atom stereocenters. The van der Waals surface area contributed by atoms with E-state index in [2.05, 4.69) is 11.8 Å². The average molecular weight is 409 g/mol. The molecule has 1 saturated heterocycles. The fraction of sp³-hybridized carbons (Fsp3) is 0.250. The monoisotopic (exact) mass is 407 g/mol. The van der Waals surface area contributed by atoms with Gasteiger partial charge >= 0.3 is 0 Å². The Bertz CT molecular complexity index is 883. The minimum Gasteiger partial charge on any atom is -0.376 e. The van der Waals surface area contributed by atoms with Crippen LogP contribution in [0, 0.1) is 11.8 Å². The predicted molar refractivity (Wildman–Crippen MR) is 105 cm³/mol. The Labute approximate surface area is 167 Å². The minimum absolute atomic E-state index is 0.0982. The molecule has 2 aromatic carbocycles. The lowest BCUT2D eigenvalue weighted by Crippen LogP contribution is -2.49. The van der Waals surface area contributed by atoms with Gasteiger partial charge in [-0.05, 0) is 43.2 Å². The highest BCUT2D eigenvalue weighted by Gasteiger charge is 2.35. The van der Waals surface area contributed by atoms with Crippen molar-refractivity contribution < 1.29 is 9.90 Å². The van der Waals surface area contributed by atoms with E-state index in [-0.39, 0.29) is 18.0 Å². The van der Waals surface area contributed by atoms with Gasteiger partial charge in [-0.25, -0.2) is 0 Å². The second-order valence-corrected chi connectivity index (χ2v) is 7.47. The molecule has 1 heterocycles. The van der Waals surface area contributed by atoms with Crippen molar-refractivity contribution in [3.63, 3.8) is 0 Å². The van der Waals surface area contributed by atoms with E-state index in [4.69, 9.17) is 34.8 Å². The van der Waals surface area contributed by atoms with Crippen molar-refractivity contribution in [3.8, 4) is 11.8 Å². The summed E-state index contributed by atoms with van der Waals surface area (Å²) in [7, 11) is 0. The first-order valence-corrected chi connectivity index (χ1v) is 9.26. The quantitative estimate of drug-likeness (QED) is 0.697. The number of halogens is 3. The second kappa shape index (κ2) is 7.90. The summed E-state index contributed by atoms with van der Waals surface area (Å²) in [5.74, 6) is 5.53. The van der Waals surface area contributed by atoms with Gasteiger partial charge in [0.2, 0.25) is 0 Å². The summed E-state index contributed by atoms with van der Waals surface area (Å²) in [6.07, 6.45) is 1.12. The van der Waals surface area contributed by atoms with Crippen LogP contribution in [-0.2, 0) is 0 Å². The zero-order chi connectivity index (χ0) is 18.7. The number of β-amino-alcohol motifs (C(OH)–C–C–N with tert-alkyl or cyclic N) is 1. The molecule has 0 saturated carbocycles. The molecule has 134 valence electrons. The van der Waals surface area contributed by atoms with E-state index >= 15 is 0 Å². The van der Waals surface area contributed by atoms with Crippen molar-refractivity contribution in [1.29, 1.82) is 0 Å². The van der Waals surface area contributed by atoms with Crippen LogP contribution < -0.4 is 0 Å². The smallest absolute Gasteiger partial charge is 0.257 e. The fourth-order valence-electron chi connectivity index (χ4n) is 2.93. The van der Waals surface area contributed by atoms with Gasteiger partial charge < -0.3 is 10.0 Å². The molecule has 0 aliphatic carbocycles. The lowest BCUT2D eigenvalue weighted by Gasteiger charge is -2.36. The number of rotatable bonds is 1. The molecule has 0 radical (unpaired) electrons. The molecule has 1 aliphatic rings. The third-order valence-corrected chi connectivity index (χ3v) is 5.06. The number of likely N-dealkylation sites (tertiary alicyclic amines) is 1. The Morgan fingerprint density at radius 2 is 1.81 bits per heavy atom. The van der Waals surface area contributed by atoms with Gasteiger partial charge in [-0.2, -0.15) is 0 Å². The van der Waals surface area contributed by atoms with Crippen LogP contribution in [0.4, 0.5) is 0 Å². The van der Waals surface area contributed by atoms with Crippen molar-refractivity contribution in [2.24, 2.45) is 0 Å².